The Morgan fingerprint density at radius 1 is 1.08 bits per heavy atom. The summed E-state index contributed by atoms with van der Waals surface area (Å²) in [6.07, 6.45) is 4.22. The van der Waals surface area contributed by atoms with Gasteiger partial charge in [-0.1, -0.05) is 6.07 Å². The number of carboxylic acid groups (broad SMARTS) is 1. The van der Waals surface area contributed by atoms with E-state index in [1.807, 2.05) is 17.0 Å². The van der Waals surface area contributed by atoms with Crippen molar-refractivity contribution in [1.29, 1.82) is 0 Å². The highest BCUT2D eigenvalue weighted by Gasteiger charge is 2.19. The van der Waals surface area contributed by atoms with Gasteiger partial charge in [0.2, 0.25) is 5.95 Å². The molecule has 11 heteroatoms. The first-order valence-electron chi connectivity index (χ1n) is 12.0. The highest BCUT2D eigenvalue weighted by atomic mass is 19.1. The summed E-state index contributed by atoms with van der Waals surface area (Å²) in [5.74, 6) is -0.154. The van der Waals surface area contributed by atoms with E-state index < -0.39 is 11.8 Å². The first-order chi connectivity index (χ1) is 17.5. The Balaban J connectivity index is 1.39. The molecular formula is C25H31FN8O2. The maximum Gasteiger partial charge on any atom is 0.317 e. The highest BCUT2D eigenvalue weighted by molar-refractivity contribution is 5.69. The van der Waals surface area contributed by atoms with Crippen LogP contribution in [0.1, 0.15) is 12.0 Å². The van der Waals surface area contributed by atoms with Gasteiger partial charge >= 0.3 is 5.97 Å². The molecule has 1 aliphatic heterocycles. The van der Waals surface area contributed by atoms with Gasteiger partial charge in [0.1, 0.15) is 11.6 Å². The fraction of sp³-hybridized carbons (Fsp3) is 0.360. The molecule has 1 fully saturated rings. The number of aromatic nitrogens is 3. The summed E-state index contributed by atoms with van der Waals surface area (Å²) in [6.45, 7) is 4.99. The average Bonchev–Trinajstić information content (AvgIpc) is 2.88. The zero-order chi connectivity index (χ0) is 25.3. The molecule has 36 heavy (non-hydrogen) atoms. The van der Waals surface area contributed by atoms with Crippen LogP contribution in [0.15, 0.2) is 48.8 Å². The zero-order valence-electron chi connectivity index (χ0n) is 20.0. The number of anilines is 3. The fourth-order valence-corrected chi connectivity index (χ4v) is 3.99. The smallest absolute Gasteiger partial charge is 0.317 e. The largest absolute Gasteiger partial charge is 0.480 e. The Hall–Kier alpha value is -3.67. The molecule has 3 aromatic rings. The van der Waals surface area contributed by atoms with Gasteiger partial charge in [0.25, 0.3) is 0 Å². The van der Waals surface area contributed by atoms with E-state index in [1.54, 1.807) is 30.6 Å². The predicted octanol–water partition coefficient (Wildman–Crippen LogP) is 2.38. The molecule has 1 aliphatic rings. The van der Waals surface area contributed by atoms with Gasteiger partial charge in [0.15, 0.2) is 0 Å². The lowest BCUT2D eigenvalue weighted by atomic mass is 10.1. The number of halogens is 1. The number of piperazine rings is 1. The van der Waals surface area contributed by atoms with Gasteiger partial charge in [-0.2, -0.15) is 0 Å². The number of rotatable bonds is 11. The van der Waals surface area contributed by atoms with Crippen LogP contribution in [-0.2, 0) is 11.3 Å². The number of benzene rings is 1. The molecule has 5 N–H and O–H groups in total. The number of hydrogen-bond acceptors (Lipinski definition) is 9. The van der Waals surface area contributed by atoms with Gasteiger partial charge in [-0.15, -0.1) is 0 Å². The summed E-state index contributed by atoms with van der Waals surface area (Å²) in [6, 6.07) is 10.5. The van der Waals surface area contributed by atoms with Gasteiger partial charge in [-0.3, -0.25) is 14.6 Å². The van der Waals surface area contributed by atoms with Crippen molar-refractivity contribution in [2.45, 2.75) is 13.0 Å². The van der Waals surface area contributed by atoms with Crippen LogP contribution >= 0.6 is 0 Å². The van der Waals surface area contributed by atoms with E-state index >= 15 is 0 Å². The highest BCUT2D eigenvalue weighted by Crippen LogP contribution is 2.23. The number of aliphatic carboxylic acids is 1. The SMILES string of the molecule is NCCCNc1ccc(-c2ccnc(Nc3cc(CN4CCN(CC(=O)O)CC4)ccc3F)n2)cn1. The van der Waals surface area contributed by atoms with Crippen molar-refractivity contribution in [3.8, 4) is 11.3 Å². The molecule has 0 saturated carbocycles. The van der Waals surface area contributed by atoms with E-state index in [1.165, 1.54) is 6.07 Å². The monoisotopic (exact) mass is 494 g/mol. The third-order valence-electron chi connectivity index (χ3n) is 5.91. The summed E-state index contributed by atoms with van der Waals surface area (Å²) < 4.78 is 14.6. The van der Waals surface area contributed by atoms with E-state index in [9.17, 15) is 9.18 Å². The molecule has 0 radical (unpaired) electrons. The number of pyridine rings is 1. The maximum atomic E-state index is 14.6. The number of carboxylic acids is 1. The number of hydrogen-bond donors (Lipinski definition) is 4. The minimum atomic E-state index is -0.812. The minimum Gasteiger partial charge on any atom is -0.480 e. The standard InChI is InChI=1S/C25H31FN8O2/c26-20-4-2-18(16-33-10-12-34(13-11-33)17-24(35)36)14-22(20)32-25-29-9-6-21(31-25)19-3-5-23(30-15-19)28-8-1-7-27/h2-6,9,14-15H,1,7-8,10-13,16-17,27H2,(H,28,30)(H,35,36)(H,29,31,32). The Bertz CT molecular complexity index is 1150. The van der Waals surface area contributed by atoms with Gasteiger partial charge in [0, 0.05) is 57.2 Å². The van der Waals surface area contributed by atoms with Crippen LogP contribution in [0.25, 0.3) is 11.3 Å². The third-order valence-corrected chi connectivity index (χ3v) is 5.91. The van der Waals surface area contributed by atoms with Crippen LogP contribution < -0.4 is 16.4 Å². The van der Waals surface area contributed by atoms with Crippen molar-refractivity contribution in [2.24, 2.45) is 5.73 Å². The molecule has 10 nitrogen and oxygen atoms in total. The molecular weight excluding hydrogens is 463 g/mol. The van der Waals surface area contributed by atoms with Crippen molar-refractivity contribution in [2.75, 3.05) is 56.4 Å². The van der Waals surface area contributed by atoms with Crippen molar-refractivity contribution in [1.82, 2.24) is 24.8 Å². The molecule has 1 aromatic carbocycles. The molecule has 0 unspecified atom stereocenters. The van der Waals surface area contributed by atoms with Crippen LogP contribution in [0.4, 0.5) is 21.8 Å². The predicted molar refractivity (Wildman–Crippen MR) is 136 cm³/mol. The summed E-state index contributed by atoms with van der Waals surface area (Å²) >= 11 is 0. The molecule has 3 heterocycles. The van der Waals surface area contributed by atoms with E-state index in [0.29, 0.717) is 37.6 Å². The lowest BCUT2D eigenvalue weighted by Gasteiger charge is -2.33. The van der Waals surface area contributed by atoms with Crippen LogP contribution in [0.3, 0.4) is 0 Å². The van der Waals surface area contributed by atoms with Gasteiger partial charge in [-0.25, -0.2) is 19.3 Å². The van der Waals surface area contributed by atoms with Gasteiger partial charge in [0.05, 0.1) is 17.9 Å². The summed E-state index contributed by atoms with van der Waals surface area (Å²) in [7, 11) is 0. The van der Waals surface area contributed by atoms with E-state index in [4.69, 9.17) is 10.8 Å². The van der Waals surface area contributed by atoms with Crippen molar-refractivity contribution in [3.05, 3.63) is 60.2 Å². The number of carbonyl (C=O) groups is 1. The number of nitrogens with zero attached hydrogens (tertiary/aromatic N) is 5. The zero-order valence-corrected chi connectivity index (χ0v) is 20.0. The normalized spacial score (nSPS) is 14.5. The topological polar surface area (TPSA) is 133 Å². The van der Waals surface area contributed by atoms with Crippen LogP contribution in [0, 0.1) is 5.82 Å². The molecule has 0 bridgehead atoms. The second-order valence-corrected chi connectivity index (χ2v) is 8.65. The Morgan fingerprint density at radius 2 is 1.89 bits per heavy atom. The summed E-state index contributed by atoms with van der Waals surface area (Å²) in [5.41, 5.74) is 8.25. The van der Waals surface area contributed by atoms with Crippen molar-refractivity contribution in [3.63, 3.8) is 0 Å². The molecule has 0 spiro atoms. The molecule has 0 atom stereocenters. The van der Waals surface area contributed by atoms with Gasteiger partial charge < -0.3 is 21.5 Å². The Morgan fingerprint density at radius 3 is 2.61 bits per heavy atom. The quantitative estimate of drug-likeness (QED) is 0.295. The molecule has 0 aliphatic carbocycles. The van der Waals surface area contributed by atoms with Crippen molar-refractivity contribution < 1.29 is 14.3 Å². The van der Waals surface area contributed by atoms with Gasteiger partial charge in [-0.05, 0) is 48.9 Å². The first kappa shape index (κ1) is 25.4. The Labute approximate surface area is 209 Å². The number of nitrogens with two attached hydrogens (primary N) is 1. The summed E-state index contributed by atoms with van der Waals surface area (Å²) in [4.78, 5) is 28.2. The second-order valence-electron chi connectivity index (χ2n) is 8.65. The lowest BCUT2D eigenvalue weighted by molar-refractivity contribution is -0.138. The second kappa shape index (κ2) is 12.3. The minimum absolute atomic E-state index is 0.0589. The van der Waals surface area contributed by atoms with E-state index in [-0.39, 0.29) is 12.5 Å². The van der Waals surface area contributed by atoms with E-state index in [0.717, 1.165) is 43.0 Å². The maximum absolute atomic E-state index is 14.6. The molecule has 190 valence electrons. The Kier molecular flexibility index (Phi) is 8.71. The average molecular weight is 495 g/mol. The molecule has 0 amide bonds. The van der Waals surface area contributed by atoms with Crippen LogP contribution in [-0.4, -0.2) is 81.6 Å². The van der Waals surface area contributed by atoms with Crippen LogP contribution in [0.2, 0.25) is 0 Å². The summed E-state index contributed by atoms with van der Waals surface area (Å²) in [5, 5.41) is 15.2. The van der Waals surface area contributed by atoms with Crippen LogP contribution in [0.5, 0.6) is 0 Å². The molecule has 2 aromatic heterocycles. The number of nitrogens with one attached hydrogen (secondary N) is 2. The van der Waals surface area contributed by atoms with E-state index in [2.05, 4.69) is 30.5 Å². The lowest BCUT2D eigenvalue weighted by Crippen LogP contribution is -2.47. The third kappa shape index (κ3) is 7.17. The van der Waals surface area contributed by atoms with Crippen molar-refractivity contribution >= 4 is 23.4 Å². The first-order valence-corrected chi connectivity index (χ1v) is 12.0. The molecule has 1 saturated heterocycles. The fourth-order valence-electron chi connectivity index (χ4n) is 3.99. The molecule has 4 rings (SSSR count).